The molecule has 1 unspecified atom stereocenters. The molecule has 0 aromatic carbocycles. The van der Waals surface area contributed by atoms with Crippen molar-refractivity contribution in [2.75, 3.05) is 13.6 Å². The van der Waals surface area contributed by atoms with Crippen LogP contribution in [0.2, 0.25) is 0 Å². The van der Waals surface area contributed by atoms with Crippen molar-refractivity contribution in [3.63, 3.8) is 0 Å². The molecule has 46 valence electrons. The highest BCUT2D eigenvalue weighted by Crippen LogP contribution is 2.02. The first-order chi connectivity index (χ1) is 3.79. The summed E-state index contributed by atoms with van der Waals surface area (Å²) in [5.41, 5.74) is 0. The van der Waals surface area contributed by atoms with Gasteiger partial charge in [-0.15, -0.1) is 0 Å². The lowest BCUT2D eigenvalue weighted by molar-refractivity contribution is 0.137. The first kappa shape index (κ1) is 5.63. The Morgan fingerprint density at radius 3 is 2.88 bits per heavy atom. The van der Waals surface area contributed by atoms with E-state index >= 15 is 0 Å². The first-order valence-electron chi connectivity index (χ1n) is 2.84. The Kier molecular flexibility index (Phi) is 1.53. The highest BCUT2D eigenvalue weighted by atomic mass is 16.3. The SMILES string of the molecule is CN1C=CCC(O)C1. The van der Waals surface area contributed by atoms with E-state index in [0.29, 0.717) is 0 Å². The van der Waals surface area contributed by atoms with E-state index in [1.54, 1.807) is 0 Å². The highest BCUT2D eigenvalue weighted by Gasteiger charge is 2.06. The first-order valence-corrected chi connectivity index (χ1v) is 2.84. The molecule has 0 spiro atoms. The summed E-state index contributed by atoms with van der Waals surface area (Å²) in [7, 11) is 1.96. The Labute approximate surface area is 49.4 Å². The van der Waals surface area contributed by atoms with Crippen LogP contribution < -0.4 is 0 Å². The van der Waals surface area contributed by atoms with Crippen LogP contribution in [0, 0.1) is 0 Å². The molecule has 1 N–H and O–H groups in total. The normalized spacial score (nSPS) is 28.8. The minimum Gasteiger partial charge on any atom is -0.391 e. The van der Waals surface area contributed by atoms with Crippen molar-refractivity contribution in [1.82, 2.24) is 4.90 Å². The van der Waals surface area contributed by atoms with Gasteiger partial charge in [-0.1, -0.05) is 6.08 Å². The van der Waals surface area contributed by atoms with Crippen molar-refractivity contribution in [3.8, 4) is 0 Å². The minimum absolute atomic E-state index is 0.148. The number of rotatable bonds is 0. The second-order valence-corrected chi connectivity index (χ2v) is 2.21. The maximum absolute atomic E-state index is 8.99. The highest BCUT2D eigenvalue weighted by molar-refractivity contribution is 4.89. The monoisotopic (exact) mass is 113 g/mol. The van der Waals surface area contributed by atoms with Gasteiger partial charge in [-0.05, 0) is 12.6 Å². The molecule has 0 fully saturated rings. The molecule has 0 aliphatic carbocycles. The van der Waals surface area contributed by atoms with Crippen molar-refractivity contribution in [2.45, 2.75) is 12.5 Å². The number of aliphatic hydroxyl groups is 1. The predicted octanol–water partition coefficient (Wildman–Crippen LogP) is 0.196. The van der Waals surface area contributed by atoms with E-state index in [1.807, 2.05) is 24.2 Å². The van der Waals surface area contributed by atoms with Crippen LogP contribution in [0.4, 0.5) is 0 Å². The molecule has 1 aliphatic heterocycles. The summed E-state index contributed by atoms with van der Waals surface area (Å²) >= 11 is 0. The van der Waals surface area contributed by atoms with Gasteiger partial charge in [-0.2, -0.15) is 0 Å². The Balaban J connectivity index is 2.42. The van der Waals surface area contributed by atoms with Crippen LogP contribution in [0.15, 0.2) is 12.3 Å². The third-order valence-electron chi connectivity index (χ3n) is 1.27. The van der Waals surface area contributed by atoms with E-state index in [4.69, 9.17) is 5.11 Å². The Hall–Kier alpha value is -0.500. The molecule has 0 aromatic heterocycles. The topological polar surface area (TPSA) is 23.5 Å². The summed E-state index contributed by atoms with van der Waals surface area (Å²) in [5.74, 6) is 0. The molecule has 2 heteroatoms. The van der Waals surface area contributed by atoms with Crippen LogP contribution in [0.3, 0.4) is 0 Å². The number of hydrogen-bond acceptors (Lipinski definition) is 2. The Bertz CT molecular complexity index is 101. The van der Waals surface area contributed by atoms with Gasteiger partial charge in [0, 0.05) is 13.6 Å². The fourth-order valence-electron chi connectivity index (χ4n) is 0.866. The van der Waals surface area contributed by atoms with Gasteiger partial charge in [-0.3, -0.25) is 0 Å². The molecular formula is C6H11NO. The molecule has 1 heterocycles. The molecule has 8 heavy (non-hydrogen) atoms. The average molecular weight is 113 g/mol. The quantitative estimate of drug-likeness (QED) is 0.485. The fraction of sp³-hybridized carbons (Fsp3) is 0.667. The standard InChI is InChI=1S/C6H11NO/c1-7-4-2-3-6(8)5-7/h2,4,6,8H,3,5H2,1H3. The third kappa shape index (κ3) is 1.23. The molecule has 2 nitrogen and oxygen atoms in total. The number of nitrogens with zero attached hydrogens (tertiary/aromatic N) is 1. The van der Waals surface area contributed by atoms with E-state index in [1.165, 1.54) is 0 Å². The molecule has 0 aromatic rings. The van der Waals surface area contributed by atoms with Gasteiger partial charge in [0.2, 0.25) is 0 Å². The van der Waals surface area contributed by atoms with E-state index in [9.17, 15) is 0 Å². The summed E-state index contributed by atoms with van der Waals surface area (Å²) in [5, 5.41) is 8.99. The second kappa shape index (κ2) is 2.18. The summed E-state index contributed by atoms with van der Waals surface area (Å²) in [4.78, 5) is 1.98. The maximum Gasteiger partial charge on any atom is 0.0749 e. The smallest absolute Gasteiger partial charge is 0.0749 e. The zero-order valence-corrected chi connectivity index (χ0v) is 5.04. The van der Waals surface area contributed by atoms with Crippen molar-refractivity contribution < 1.29 is 5.11 Å². The van der Waals surface area contributed by atoms with Crippen LogP contribution in [0.1, 0.15) is 6.42 Å². The van der Waals surface area contributed by atoms with Crippen molar-refractivity contribution in [1.29, 1.82) is 0 Å². The number of likely N-dealkylation sites (N-methyl/N-ethyl adjacent to an activating group) is 1. The van der Waals surface area contributed by atoms with Gasteiger partial charge in [0.05, 0.1) is 6.10 Å². The summed E-state index contributed by atoms with van der Waals surface area (Å²) in [6.45, 7) is 0.774. The van der Waals surface area contributed by atoms with Crippen LogP contribution in [-0.4, -0.2) is 29.7 Å². The number of hydrogen-bond donors (Lipinski definition) is 1. The van der Waals surface area contributed by atoms with Gasteiger partial charge in [0.15, 0.2) is 0 Å². The molecule has 0 radical (unpaired) electrons. The maximum atomic E-state index is 8.99. The average Bonchev–Trinajstić information content (AvgIpc) is 1.64. The van der Waals surface area contributed by atoms with Gasteiger partial charge in [0.25, 0.3) is 0 Å². The Morgan fingerprint density at radius 2 is 2.50 bits per heavy atom. The summed E-state index contributed by atoms with van der Waals surface area (Å²) in [6, 6.07) is 0. The zero-order chi connectivity index (χ0) is 5.98. The van der Waals surface area contributed by atoms with E-state index in [2.05, 4.69) is 0 Å². The van der Waals surface area contributed by atoms with E-state index in [-0.39, 0.29) is 6.10 Å². The van der Waals surface area contributed by atoms with Crippen LogP contribution >= 0.6 is 0 Å². The van der Waals surface area contributed by atoms with Gasteiger partial charge >= 0.3 is 0 Å². The molecule has 1 aliphatic rings. The van der Waals surface area contributed by atoms with Gasteiger partial charge in [-0.25, -0.2) is 0 Å². The molecule has 1 atom stereocenters. The number of aliphatic hydroxyl groups excluding tert-OH is 1. The zero-order valence-electron chi connectivity index (χ0n) is 5.04. The van der Waals surface area contributed by atoms with Gasteiger partial charge < -0.3 is 10.0 Å². The molecule has 0 bridgehead atoms. The van der Waals surface area contributed by atoms with Crippen LogP contribution in [0.25, 0.3) is 0 Å². The Morgan fingerprint density at radius 1 is 1.75 bits per heavy atom. The molecule has 1 rings (SSSR count). The predicted molar refractivity (Wildman–Crippen MR) is 32.4 cm³/mol. The van der Waals surface area contributed by atoms with E-state index < -0.39 is 0 Å². The number of β-amino-alcohol motifs (C(OH)–C–C–N with tert-alkyl or cyclic N) is 1. The lowest BCUT2D eigenvalue weighted by Gasteiger charge is -2.21. The fourth-order valence-corrected chi connectivity index (χ4v) is 0.866. The molecule has 0 saturated heterocycles. The summed E-state index contributed by atoms with van der Waals surface area (Å²) in [6.07, 6.45) is 4.63. The molecule has 0 amide bonds. The second-order valence-electron chi connectivity index (χ2n) is 2.21. The van der Waals surface area contributed by atoms with Crippen LogP contribution in [0.5, 0.6) is 0 Å². The van der Waals surface area contributed by atoms with Crippen molar-refractivity contribution >= 4 is 0 Å². The van der Waals surface area contributed by atoms with Gasteiger partial charge in [0.1, 0.15) is 0 Å². The third-order valence-corrected chi connectivity index (χ3v) is 1.27. The minimum atomic E-state index is -0.148. The van der Waals surface area contributed by atoms with Crippen molar-refractivity contribution in [2.24, 2.45) is 0 Å². The van der Waals surface area contributed by atoms with E-state index in [0.717, 1.165) is 13.0 Å². The lowest BCUT2D eigenvalue weighted by Crippen LogP contribution is -2.27. The molecule has 0 saturated carbocycles. The molecular weight excluding hydrogens is 102 g/mol. The lowest BCUT2D eigenvalue weighted by atomic mass is 10.2. The van der Waals surface area contributed by atoms with Crippen LogP contribution in [-0.2, 0) is 0 Å². The van der Waals surface area contributed by atoms with Crippen molar-refractivity contribution in [3.05, 3.63) is 12.3 Å². The summed E-state index contributed by atoms with van der Waals surface area (Å²) < 4.78 is 0. The largest absolute Gasteiger partial charge is 0.391 e.